The lowest BCUT2D eigenvalue weighted by atomic mass is 9.98. The Kier molecular flexibility index (Phi) is 6.37. The number of carbonyl (C=O) groups excluding carboxylic acids is 1. The van der Waals surface area contributed by atoms with Gasteiger partial charge in [-0.15, -0.1) is 11.8 Å². The first-order chi connectivity index (χ1) is 12.5. The van der Waals surface area contributed by atoms with Crippen molar-refractivity contribution in [3.63, 3.8) is 0 Å². The lowest BCUT2D eigenvalue weighted by Gasteiger charge is -2.47. The molecule has 1 aromatic carbocycles. The highest BCUT2D eigenvalue weighted by Crippen LogP contribution is 2.38. The third kappa shape index (κ3) is 4.13. The zero-order valence-electron chi connectivity index (χ0n) is 14.9. The van der Waals surface area contributed by atoms with E-state index in [2.05, 4.69) is 6.58 Å². The average molecular weight is 380 g/mol. The van der Waals surface area contributed by atoms with Crippen LogP contribution in [0.3, 0.4) is 0 Å². The highest BCUT2D eigenvalue weighted by molar-refractivity contribution is 7.99. The molecule has 2 saturated heterocycles. The van der Waals surface area contributed by atoms with Gasteiger partial charge in [0.25, 0.3) is 0 Å². The molecule has 0 radical (unpaired) electrons. The van der Waals surface area contributed by atoms with Gasteiger partial charge in [-0.3, -0.25) is 0 Å². The first-order valence-electron chi connectivity index (χ1n) is 8.65. The number of thioether (sulfide) groups is 1. The maximum absolute atomic E-state index is 12.1. The Morgan fingerprint density at radius 1 is 1.35 bits per heavy atom. The molecule has 2 aliphatic heterocycles. The second-order valence-electron chi connectivity index (χ2n) is 6.32. The molecule has 142 valence electrons. The Morgan fingerprint density at radius 2 is 2.08 bits per heavy atom. The first-order valence-corrected chi connectivity index (χ1v) is 9.69. The van der Waals surface area contributed by atoms with E-state index in [0.29, 0.717) is 6.61 Å². The summed E-state index contributed by atoms with van der Waals surface area (Å²) in [6.45, 7) is 7.44. The van der Waals surface area contributed by atoms with Gasteiger partial charge < -0.3 is 24.1 Å². The third-order valence-corrected chi connectivity index (χ3v) is 5.35. The van der Waals surface area contributed by atoms with E-state index in [4.69, 9.17) is 18.9 Å². The van der Waals surface area contributed by atoms with E-state index >= 15 is 0 Å². The molecule has 0 aliphatic carbocycles. The normalized spacial score (nSPS) is 34.0. The molecule has 0 aromatic heterocycles. The van der Waals surface area contributed by atoms with Crippen LogP contribution in [0.25, 0.3) is 0 Å². The Morgan fingerprint density at radius 3 is 2.73 bits per heavy atom. The molecule has 1 N–H and O–H groups in total. The van der Waals surface area contributed by atoms with Crippen molar-refractivity contribution in [2.24, 2.45) is 0 Å². The molecule has 3 rings (SSSR count). The van der Waals surface area contributed by atoms with E-state index in [9.17, 15) is 9.90 Å². The molecule has 26 heavy (non-hydrogen) atoms. The van der Waals surface area contributed by atoms with Crippen LogP contribution in [-0.4, -0.2) is 53.3 Å². The van der Waals surface area contributed by atoms with Gasteiger partial charge >= 0.3 is 5.97 Å². The van der Waals surface area contributed by atoms with Crippen molar-refractivity contribution >= 4 is 17.7 Å². The van der Waals surface area contributed by atoms with Gasteiger partial charge in [-0.05, 0) is 12.7 Å². The van der Waals surface area contributed by atoms with E-state index in [-0.39, 0.29) is 5.57 Å². The predicted molar refractivity (Wildman–Crippen MR) is 97.5 cm³/mol. The van der Waals surface area contributed by atoms with Gasteiger partial charge in [0, 0.05) is 11.1 Å². The summed E-state index contributed by atoms with van der Waals surface area (Å²) in [6.07, 6.45) is -3.50. The van der Waals surface area contributed by atoms with Gasteiger partial charge in [-0.2, -0.15) is 0 Å². The topological polar surface area (TPSA) is 74.2 Å². The van der Waals surface area contributed by atoms with Crippen LogP contribution in [0.4, 0.5) is 0 Å². The average Bonchev–Trinajstić information content (AvgIpc) is 2.65. The number of hydrogen-bond donors (Lipinski definition) is 1. The van der Waals surface area contributed by atoms with E-state index in [1.54, 1.807) is 6.92 Å². The number of carbonyl (C=O) groups is 1. The molecule has 1 unspecified atom stereocenters. The number of rotatable bonds is 5. The second kappa shape index (κ2) is 8.54. The number of esters is 1. The molecule has 2 heterocycles. The van der Waals surface area contributed by atoms with Crippen molar-refractivity contribution in [3.05, 3.63) is 48.0 Å². The smallest absolute Gasteiger partial charge is 0.333 e. The van der Waals surface area contributed by atoms with Gasteiger partial charge in [0.15, 0.2) is 12.4 Å². The summed E-state index contributed by atoms with van der Waals surface area (Å²) >= 11 is 1.46. The van der Waals surface area contributed by atoms with Gasteiger partial charge in [0.2, 0.25) is 0 Å². The van der Waals surface area contributed by atoms with Crippen molar-refractivity contribution in [3.8, 4) is 0 Å². The van der Waals surface area contributed by atoms with Gasteiger partial charge in [0.05, 0.1) is 6.61 Å². The Balaban J connectivity index is 1.81. The van der Waals surface area contributed by atoms with E-state index < -0.39 is 42.1 Å². The van der Waals surface area contributed by atoms with Crippen LogP contribution in [0.2, 0.25) is 0 Å². The van der Waals surface area contributed by atoms with E-state index in [1.165, 1.54) is 11.8 Å². The molecule has 2 fully saturated rings. The van der Waals surface area contributed by atoms with Gasteiger partial charge in [0.1, 0.15) is 23.7 Å². The van der Waals surface area contributed by atoms with Crippen LogP contribution in [0, 0.1) is 0 Å². The van der Waals surface area contributed by atoms with Crippen molar-refractivity contribution in [1.82, 2.24) is 0 Å². The summed E-state index contributed by atoms with van der Waals surface area (Å²) in [7, 11) is 0. The number of hydrogen-bond acceptors (Lipinski definition) is 7. The summed E-state index contributed by atoms with van der Waals surface area (Å²) in [4.78, 5) is 12.1. The molecule has 1 aromatic rings. The largest absolute Gasteiger partial charge is 0.453 e. The third-order valence-electron chi connectivity index (χ3n) is 4.30. The standard InChI is InChI=1S/C19H24O6S/c1-4-26-19-14(20)16(24-17(21)11(2)3)15-13(23-19)10-22-18(25-15)12-8-6-5-7-9-12/h5-9,13-16,18-20H,2,4,10H2,1,3H3/t13-,14-,15-,16-,18?,19+/m1/s1. The minimum Gasteiger partial charge on any atom is -0.453 e. The van der Waals surface area contributed by atoms with E-state index in [0.717, 1.165) is 11.3 Å². The lowest BCUT2D eigenvalue weighted by molar-refractivity contribution is -0.319. The first kappa shape index (κ1) is 19.4. The number of fused-ring (bicyclic) bond motifs is 1. The number of aliphatic hydroxyl groups excluding tert-OH is 1. The summed E-state index contributed by atoms with van der Waals surface area (Å²) in [5, 5.41) is 10.7. The van der Waals surface area contributed by atoms with Crippen LogP contribution in [-0.2, 0) is 23.7 Å². The molecule has 2 aliphatic rings. The predicted octanol–water partition coefficient (Wildman–Crippen LogP) is 2.43. The minimum absolute atomic E-state index is 0.270. The highest BCUT2D eigenvalue weighted by atomic mass is 32.2. The molecule has 0 amide bonds. The molecule has 6 nitrogen and oxygen atoms in total. The Hall–Kier alpha value is -1.38. The van der Waals surface area contributed by atoms with Crippen molar-refractivity contribution < 1.29 is 28.8 Å². The summed E-state index contributed by atoms with van der Waals surface area (Å²) in [5.74, 6) is 0.204. The Labute approximate surface area is 157 Å². The fourth-order valence-corrected chi connectivity index (χ4v) is 3.90. The number of benzene rings is 1. The summed E-state index contributed by atoms with van der Waals surface area (Å²) < 4.78 is 23.3. The van der Waals surface area contributed by atoms with Crippen molar-refractivity contribution in [2.75, 3.05) is 12.4 Å². The highest BCUT2D eigenvalue weighted by Gasteiger charge is 2.51. The minimum atomic E-state index is -1.00. The van der Waals surface area contributed by atoms with Gasteiger partial charge in [-0.25, -0.2) is 4.79 Å². The number of ether oxygens (including phenoxy) is 4. The summed E-state index contributed by atoms with van der Waals surface area (Å²) in [5.41, 5.74) is 0.617. The number of aliphatic hydroxyl groups is 1. The maximum atomic E-state index is 12.1. The fourth-order valence-electron chi connectivity index (χ4n) is 3.00. The molecule has 0 bridgehead atoms. The molecule has 0 saturated carbocycles. The van der Waals surface area contributed by atoms with Crippen LogP contribution in [0.5, 0.6) is 0 Å². The molecular formula is C19H24O6S. The Bertz CT molecular complexity index is 636. The zero-order chi connectivity index (χ0) is 18.7. The van der Waals surface area contributed by atoms with Crippen LogP contribution in [0.15, 0.2) is 42.5 Å². The molecule has 7 heteroatoms. The monoisotopic (exact) mass is 380 g/mol. The fraction of sp³-hybridized carbons (Fsp3) is 0.526. The molecular weight excluding hydrogens is 356 g/mol. The maximum Gasteiger partial charge on any atom is 0.333 e. The second-order valence-corrected chi connectivity index (χ2v) is 7.69. The quantitative estimate of drug-likeness (QED) is 0.621. The van der Waals surface area contributed by atoms with Crippen LogP contribution >= 0.6 is 11.8 Å². The SMILES string of the molecule is C=C(C)C(=O)O[C@@H]1[C@@H](O)[C@H](SCC)O[C@@H]2COC(c3ccccc3)O[C@@H]12. The van der Waals surface area contributed by atoms with Crippen LogP contribution < -0.4 is 0 Å². The molecule has 6 atom stereocenters. The van der Waals surface area contributed by atoms with Crippen LogP contribution in [0.1, 0.15) is 25.7 Å². The van der Waals surface area contributed by atoms with Gasteiger partial charge in [-0.1, -0.05) is 43.8 Å². The van der Waals surface area contributed by atoms with Crippen molar-refractivity contribution in [2.45, 2.75) is 50.0 Å². The molecule has 0 spiro atoms. The van der Waals surface area contributed by atoms with Crippen molar-refractivity contribution in [1.29, 1.82) is 0 Å². The van der Waals surface area contributed by atoms with E-state index in [1.807, 2.05) is 37.3 Å². The zero-order valence-corrected chi connectivity index (χ0v) is 15.7. The lowest BCUT2D eigenvalue weighted by Crippen LogP contribution is -2.62. The summed E-state index contributed by atoms with van der Waals surface area (Å²) in [6, 6.07) is 9.50.